The van der Waals surface area contributed by atoms with Gasteiger partial charge in [-0.05, 0) is 19.4 Å². The fourth-order valence-corrected chi connectivity index (χ4v) is 4.03. The third kappa shape index (κ3) is 3.69. The number of aromatic nitrogens is 3. The van der Waals surface area contributed by atoms with E-state index >= 15 is 0 Å². The molecule has 4 rings (SSSR count). The Balaban J connectivity index is 1.58. The SMILES string of the molecule is COCC(=O)N1CCC(c2ccnc3c(CN4CCOCC4)c(C)nn23)C1. The molecule has 8 heteroatoms. The molecule has 146 valence electrons. The lowest BCUT2D eigenvalue weighted by Gasteiger charge is -2.26. The zero-order valence-corrected chi connectivity index (χ0v) is 16.1. The van der Waals surface area contributed by atoms with Crippen LogP contribution >= 0.6 is 0 Å². The summed E-state index contributed by atoms with van der Waals surface area (Å²) in [6.07, 6.45) is 2.81. The summed E-state index contributed by atoms with van der Waals surface area (Å²) >= 11 is 0. The third-order valence-corrected chi connectivity index (χ3v) is 5.56. The number of amides is 1. The van der Waals surface area contributed by atoms with Crippen LogP contribution < -0.4 is 0 Å². The minimum Gasteiger partial charge on any atom is -0.379 e. The summed E-state index contributed by atoms with van der Waals surface area (Å²) in [6, 6.07) is 2.03. The van der Waals surface area contributed by atoms with Crippen LogP contribution in [0.3, 0.4) is 0 Å². The Morgan fingerprint density at radius 3 is 2.93 bits per heavy atom. The van der Waals surface area contributed by atoms with Crippen molar-refractivity contribution >= 4 is 11.6 Å². The molecule has 2 aliphatic rings. The molecule has 0 N–H and O–H groups in total. The van der Waals surface area contributed by atoms with Gasteiger partial charge in [-0.25, -0.2) is 9.50 Å². The summed E-state index contributed by atoms with van der Waals surface area (Å²) < 4.78 is 12.4. The van der Waals surface area contributed by atoms with E-state index in [4.69, 9.17) is 14.6 Å². The van der Waals surface area contributed by atoms with E-state index in [1.54, 1.807) is 7.11 Å². The topological polar surface area (TPSA) is 72.2 Å². The van der Waals surface area contributed by atoms with Crippen molar-refractivity contribution in [2.75, 3.05) is 53.1 Å². The van der Waals surface area contributed by atoms with Gasteiger partial charge in [0.15, 0.2) is 5.65 Å². The molecule has 8 nitrogen and oxygen atoms in total. The minimum atomic E-state index is 0.0509. The quantitative estimate of drug-likeness (QED) is 0.773. The van der Waals surface area contributed by atoms with Crippen molar-refractivity contribution in [2.24, 2.45) is 0 Å². The number of hydrogen-bond acceptors (Lipinski definition) is 6. The molecule has 1 unspecified atom stereocenters. The molecular weight excluding hydrogens is 346 g/mol. The van der Waals surface area contributed by atoms with Gasteiger partial charge in [-0.1, -0.05) is 0 Å². The van der Waals surface area contributed by atoms with Gasteiger partial charge in [-0.15, -0.1) is 0 Å². The highest BCUT2D eigenvalue weighted by Gasteiger charge is 2.29. The van der Waals surface area contributed by atoms with E-state index in [9.17, 15) is 4.79 Å². The second-order valence-electron chi connectivity index (χ2n) is 7.32. The molecule has 2 aliphatic heterocycles. The highest BCUT2D eigenvalue weighted by atomic mass is 16.5. The van der Waals surface area contributed by atoms with E-state index in [-0.39, 0.29) is 18.4 Å². The number of rotatable bonds is 5. The second kappa shape index (κ2) is 7.92. The van der Waals surface area contributed by atoms with Crippen molar-refractivity contribution in [3.8, 4) is 0 Å². The summed E-state index contributed by atoms with van der Waals surface area (Å²) in [7, 11) is 1.56. The van der Waals surface area contributed by atoms with Crippen LogP contribution in [0.4, 0.5) is 0 Å². The van der Waals surface area contributed by atoms with Crippen LogP contribution in [0.5, 0.6) is 0 Å². The number of ether oxygens (including phenoxy) is 2. The molecule has 2 saturated heterocycles. The van der Waals surface area contributed by atoms with Crippen molar-refractivity contribution in [3.63, 3.8) is 0 Å². The van der Waals surface area contributed by atoms with Crippen molar-refractivity contribution in [3.05, 3.63) is 29.2 Å². The summed E-state index contributed by atoms with van der Waals surface area (Å²) in [6.45, 7) is 7.95. The van der Waals surface area contributed by atoms with Crippen LogP contribution in [-0.4, -0.2) is 83.4 Å². The number of methoxy groups -OCH3 is 1. The lowest BCUT2D eigenvalue weighted by atomic mass is 10.0. The third-order valence-electron chi connectivity index (χ3n) is 5.56. The highest BCUT2D eigenvalue weighted by Crippen LogP contribution is 2.28. The monoisotopic (exact) mass is 373 g/mol. The molecule has 27 heavy (non-hydrogen) atoms. The molecule has 2 fully saturated rings. The number of likely N-dealkylation sites (tertiary alicyclic amines) is 1. The Labute approximate surface area is 159 Å². The molecule has 0 aromatic carbocycles. The summed E-state index contributed by atoms with van der Waals surface area (Å²) in [4.78, 5) is 21.0. The van der Waals surface area contributed by atoms with E-state index in [0.717, 1.165) is 62.8 Å². The molecule has 0 bridgehead atoms. The maximum absolute atomic E-state index is 12.1. The Hall–Kier alpha value is -2.03. The number of carbonyl (C=O) groups is 1. The van der Waals surface area contributed by atoms with Gasteiger partial charge in [0.25, 0.3) is 0 Å². The molecular formula is C19H27N5O3. The number of nitrogens with zero attached hydrogens (tertiary/aromatic N) is 5. The molecule has 2 aromatic heterocycles. The lowest BCUT2D eigenvalue weighted by molar-refractivity contribution is -0.134. The van der Waals surface area contributed by atoms with Gasteiger partial charge in [0, 0.05) is 57.5 Å². The van der Waals surface area contributed by atoms with E-state index < -0.39 is 0 Å². The van der Waals surface area contributed by atoms with Crippen LogP contribution in [0.15, 0.2) is 12.3 Å². The molecule has 2 aromatic rings. The Kier molecular flexibility index (Phi) is 5.38. The highest BCUT2D eigenvalue weighted by molar-refractivity contribution is 5.77. The molecule has 0 spiro atoms. The first-order valence-corrected chi connectivity index (χ1v) is 9.57. The van der Waals surface area contributed by atoms with Crippen LogP contribution in [0, 0.1) is 6.92 Å². The summed E-state index contributed by atoms with van der Waals surface area (Å²) in [5.74, 6) is 0.321. The van der Waals surface area contributed by atoms with Gasteiger partial charge in [-0.2, -0.15) is 5.10 Å². The fraction of sp³-hybridized carbons (Fsp3) is 0.632. The smallest absolute Gasteiger partial charge is 0.248 e. The summed E-state index contributed by atoms with van der Waals surface area (Å²) in [5.41, 5.74) is 4.26. The lowest BCUT2D eigenvalue weighted by Crippen LogP contribution is -2.35. The van der Waals surface area contributed by atoms with Crippen molar-refractivity contribution in [2.45, 2.75) is 25.8 Å². The van der Waals surface area contributed by atoms with Gasteiger partial charge in [-0.3, -0.25) is 9.69 Å². The van der Waals surface area contributed by atoms with Crippen LogP contribution in [0.1, 0.15) is 29.3 Å². The first-order valence-electron chi connectivity index (χ1n) is 9.57. The first-order chi connectivity index (χ1) is 13.2. The zero-order chi connectivity index (χ0) is 18.8. The van der Waals surface area contributed by atoms with Gasteiger partial charge >= 0.3 is 0 Å². The number of aryl methyl sites for hydroxylation is 1. The molecule has 0 aliphatic carbocycles. The zero-order valence-electron chi connectivity index (χ0n) is 16.1. The standard InChI is InChI=1S/C19H27N5O3/c1-14-16(12-22-7-9-27-10-8-22)19-20-5-3-17(24(19)21-14)15-4-6-23(11-15)18(25)13-26-2/h3,5,15H,4,6-13H2,1-2H3. The van der Waals surface area contributed by atoms with E-state index in [1.165, 1.54) is 5.56 Å². The van der Waals surface area contributed by atoms with Crippen LogP contribution in [0.25, 0.3) is 5.65 Å². The number of morpholine rings is 1. The van der Waals surface area contributed by atoms with E-state index in [1.807, 2.05) is 21.7 Å². The number of hydrogen-bond donors (Lipinski definition) is 0. The fourth-order valence-electron chi connectivity index (χ4n) is 4.03. The van der Waals surface area contributed by atoms with Crippen molar-refractivity contribution in [1.29, 1.82) is 0 Å². The van der Waals surface area contributed by atoms with Gasteiger partial charge < -0.3 is 14.4 Å². The Morgan fingerprint density at radius 2 is 2.15 bits per heavy atom. The van der Waals surface area contributed by atoms with Crippen molar-refractivity contribution in [1.82, 2.24) is 24.4 Å². The van der Waals surface area contributed by atoms with Crippen LogP contribution in [-0.2, 0) is 20.8 Å². The number of fused-ring (bicyclic) bond motifs is 1. The average molecular weight is 373 g/mol. The minimum absolute atomic E-state index is 0.0509. The predicted molar refractivity (Wildman–Crippen MR) is 99.6 cm³/mol. The molecule has 4 heterocycles. The maximum atomic E-state index is 12.1. The van der Waals surface area contributed by atoms with E-state index in [2.05, 4.69) is 16.8 Å². The first kappa shape index (κ1) is 18.3. The van der Waals surface area contributed by atoms with Gasteiger partial charge in [0.2, 0.25) is 5.91 Å². The Morgan fingerprint density at radius 1 is 1.33 bits per heavy atom. The Bertz CT molecular complexity index is 815. The predicted octanol–water partition coefficient (Wildman–Crippen LogP) is 0.832. The van der Waals surface area contributed by atoms with Crippen molar-refractivity contribution < 1.29 is 14.3 Å². The van der Waals surface area contributed by atoms with E-state index in [0.29, 0.717) is 6.54 Å². The summed E-state index contributed by atoms with van der Waals surface area (Å²) in [5, 5.41) is 4.80. The second-order valence-corrected chi connectivity index (χ2v) is 7.32. The molecule has 1 atom stereocenters. The number of carbonyl (C=O) groups excluding carboxylic acids is 1. The molecule has 1 amide bonds. The van der Waals surface area contributed by atoms with Gasteiger partial charge in [0.05, 0.1) is 24.6 Å². The van der Waals surface area contributed by atoms with Crippen LogP contribution in [0.2, 0.25) is 0 Å². The molecule has 0 saturated carbocycles. The van der Waals surface area contributed by atoms with Gasteiger partial charge in [0.1, 0.15) is 6.61 Å². The largest absolute Gasteiger partial charge is 0.379 e. The average Bonchev–Trinajstić information content (AvgIpc) is 3.28. The molecule has 0 radical (unpaired) electrons. The normalized spacial score (nSPS) is 21.3. The maximum Gasteiger partial charge on any atom is 0.248 e.